The number of para-hydroxylation sites is 2. The van der Waals surface area contributed by atoms with Gasteiger partial charge in [0, 0.05) is 11.3 Å². The van der Waals surface area contributed by atoms with E-state index in [0.29, 0.717) is 17.1 Å². The van der Waals surface area contributed by atoms with Crippen LogP contribution in [0.3, 0.4) is 0 Å². The van der Waals surface area contributed by atoms with Crippen molar-refractivity contribution < 1.29 is 22.7 Å². The summed E-state index contributed by atoms with van der Waals surface area (Å²) in [6.07, 6.45) is 0. The zero-order chi connectivity index (χ0) is 21.7. The molecule has 3 rings (SSSR count). The molecule has 30 heavy (non-hydrogen) atoms. The van der Waals surface area contributed by atoms with Gasteiger partial charge in [-0.25, -0.2) is 8.42 Å². The molecule has 0 unspecified atom stereocenters. The van der Waals surface area contributed by atoms with Crippen LogP contribution >= 0.6 is 11.6 Å². The zero-order valence-electron chi connectivity index (χ0n) is 16.2. The first-order valence-corrected chi connectivity index (χ1v) is 10.6. The van der Waals surface area contributed by atoms with Gasteiger partial charge in [-0.3, -0.25) is 9.52 Å². The number of carbonyl (C=O) groups excluding carboxylic acids is 1. The Balaban J connectivity index is 1.88. The molecular weight excluding hydrogens is 428 g/mol. The summed E-state index contributed by atoms with van der Waals surface area (Å²) in [5, 5.41) is 2.68. The summed E-state index contributed by atoms with van der Waals surface area (Å²) in [6, 6.07) is 17.4. The minimum absolute atomic E-state index is 0.0109. The average molecular weight is 447 g/mol. The zero-order valence-corrected chi connectivity index (χ0v) is 17.8. The molecule has 0 bridgehead atoms. The van der Waals surface area contributed by atoms with Crippen LogP contribution in [-0.4, -0.2) is 28.5 Å². The SMILES string of the molecule is COc1cccc(C(=O)Nc2ccc(Cl)c(S(=O)(=O)Nc3ccccc3OC)c2)c1. The standard InChI is InChI=1S/C21H19ClN2O5S/c1-28-16-7-5-6-14(12-16)21(25)23-15-10-11-17(22)20(13-15)30(26,27)24-18-8-3-4-9-19(18)29-2/h3-13,24H,1-2H3,(H,23,25). The van der Waals surface area contributed by atoms with E-state index < -0.39 is 15.9 Å². The van der Waals surface area contributed by atoms with Crippen molar-refractivity contribution >= 4 is 38.9 Å². The molecule has 0 aliphatic carbocycles. The fourth-order valence-corrected chi connectivity index (χ4v) is 4.28. The predicted octanol–water partition coefficient (Wildman–Crippen LogP) is 4.41. The summed E-state index contributed by atoms with van der Waals surface area (Å²) < 4.78 is 38.5. The minimum atomic E-state index is -4.04. The van der Waals surface area contributed by atoms with E-state index in [1.807, 2.05) is 0 Å². The maximum atomic E-state index is 12.9. The maximum absolute atomic E-state index is 12.9. The average Bonchev–Trinajstić information content (AvgIpc) is 2.75. The molecule has 0 aromatic heterocycles. The summed E-state index contributed by atoms with van der Waals surface area (Å²) in [7, 11) is -1.10. The summed E-state index contributed by atoms with van der Waals surface area (Å²) >= 11 is 6.13. The van der Waals surface area contributed by atoms with E-state index in [1.165, 1.54) is 32.4 Å². The fourth-order valence-electron chi connectivity index (χ4n) is 2.68. The molecule has 0 spiro atoms. The Labute approximate surface area is 179 Å². The van der Waals surface area contributed by atoms with Crippen molar-refractivity contribution in [1.29, 1.82) is 0 Å². The van der Waals surface area contributed by atoms with E-state index in [0.717, 1.165) is 0 Å². The van der Waals surface area contributed by atoms with Crippen molar-refractivity contribution in [2.75, 3.05) is 24.3 Å². The number of benzene rings is 3. The number of halogens is 1. The van der Waals surface area contributed by atoms with Crippen LogP contribution in [0, 0.1) is 0 Å². The summed E-state index contributed by atoms with van der Waals surface area (Å²) in [4.78, 5) is 12.3. The van der Waals surface area contributed by atoms with Crippen molar-refractivity contribution in [2.24, 2.45) is 0 Å². The highest BCUT2D eigenvalue weighted by molar-refractivity contribution is 7.92. The Bertz CT molecular complexity index is 1180. The van der Waals surface area contributed by atoms with Crippen LogP contribution in [0.25, 0.3) is 0 Å². The monoisotopic (exact) mass is 446 g/mol. The summed E-state index contributed by atoms with van der Waals surface area (Å²) in [5.74, 6) is 0.472. The largest absolute Gasteiger partial charge is 0.497 e. The number of amides is 1. The minimum Gasteiger partial charge on any atom is -0.497 e. The molecule has 2 N–H and O–H groups in total. The molecule has 156 valence electrons. The van der Waals surface area contributed by atoms with Crippen LogP contribution in [0.2, 0.25) is 5.02 Å². The van der Waals surface area contributed by atoms with Gasteiger partial charge in [0.25, 0.3) is 15.9 Å². The third-order valence-electron chi connectivity index (χ3n) is 4.16. The topological polar surface area (TPSA) is 93.7 Å². The number of sulfonamides is 1. The maximum Gasteiger partial charge on any atom is 0.263 e. The Morgan fingerprint density at radius 1 is 0.933 bits per heavy atom. The molecule has 3 aromatic carbocycles. The molecule has 1 amide bonds. The Morgan fingerprint density at radius 2 is 1.70 bits per heavy atom. The fraction of sp³-hybridized carbons (Fsp3) is 0.0952. The Kier molecular flexibility index (Phi) is 6.49. The second kappa shape index (κ2) is 9.06. The lowest BCUT2D eigenvalue weighted by molar-refractivity contribution is 0.102. The number of hydrogen-bond donors (Lipinski definition) is 2. The van der Waals surface area contributed by atoms with E-state index in [4.69, 9.17) is 21.1 Å². The third-order valence-corrected chi connectivity index (χ3v) is 6.01. The van der Waals surface area contributed by atoms with Gasteiger partial charge in [-0.05, 0) is 48.5 Å². The molecule has 0 saturated carbocycles. The quantitative estimate of drug-likeness (QED) is 0.560. The molecule has 0 heterocycles. The van der Waals surface area contributed by atoms with Crippen molar-refractivity contribution in [3.8, 4) is 11.5 Å². The first-order chi connectivity index (χ1) is 14.3. The van der Waals surface area contributed by atoms with Gasteiger partial charge in [0.15, 0.2) is 0 Å². The lowest BCUT2D eigenvalue weighted by Gasteiger charge is -2.14. The number of carbonyl (C=O) groups is 1. The van der Waals surface area contributed by atoms with Gasteiger partial charge < -0.3 is 14.8 Å². The van der Waals surface area contributed by atoms with E-state index in [9.17, 15) is 13.2 Å². The van der Waals surface area contributed by atoms with Gasteiger partial charge in [-0.1, -0.05) is 29.8 Å². The molecule has 0 aliphatic heterocycles. The molecule has 0 atom stereocenters. The van der Waals surface area contributed by atoms with E-state index in [1.54, 1.807) is 48.5 Å². The smallest absolute Gasteiger partial charge is 0.263 e. The van der Waals surface area contributed by atoms with Gasteiger partial charge in [0.1, 0.15) is 16.4 Å². The van der Waals surface area contributed by atoms with Crippen LogP contribution in [0.1, 0.15) is 10.4 Å². The molecule has 0 aliphatic rings. The van der Waals surface area contributed by atoms with Crippen LogP contribution in [0.5, 0.6) is 11.5 Å². The first kappa shape index (κ1) is 21.5. The van der Waals surface area contributed by atoms with Gasteiger partial charge in [0.2, 0.25) is 0 Å². The van der Waals surface area contributed by atoms with Crippen molar-refractivity contribution in [1.82, 2.24) is 0 Å². The lowest BCUT2D eigenvalue weighted by atomic mass is 10.2. The number of methoxy groups -OCH3 is 2. The molecule has 3 aromatic rings. The highest BCUT2D eigenvalue weighted by Gasteiger charge is 2.21. The van der Waals surface area contributed by atoms with Gasteiger partial charge in [-0.15, -0.1) is 0 Å². The molecular formula is C21H19ClN2O5S. The number of ether oxygens (including phenoxy) is 2. The number of anilines is 2. The summed E-state index contributed by atoms with van der Waals surface area (Å²) in [6.45, 7) is 0. The molecule has 0 fully saturated rings. The van der Waals surface area contributed by atoms with Crippen LogP contribution < -0.4 is 19.5 Å². The van der Waals surface area contributed by atoms with Crippen molar-refractivity contribution in [3.63, 3.8) is 0 Å². The van der Waals surface area contributed by atoms with E-state index >= 15 is 0 Å². The molecule has 0 saturated heterocycles. The van der Waals surface area contributed by atoms with E-state index in [-0.39, 0.29) is 21.3 Å². The number of rotatable bonds is 7. The molecule has 0 radical (unpaired) electrons. The van der Waals surface area contributed by atoms with Gasteiger partial charge in [-0.2, -0.15) is 0 Å². The van der Waals surface area contributed by atoms with Crippen LogP contribution in [0.15, 0.2) is 71.6 Å². The second-order valence-corrected chi connectivity index (χ2v) is 8.20. The van der Waals surface area contributed by atoms with Gasteiger partial charge >= 0.3 is 0 Å². The Morgan fingerprint density at radius 3 is 2.43 bits per heavy atom. The first-order valence-electron chi connectivity index (χ1n) is 8.75. The van der Waals surface area contributed by atoms with E-state index in [2.05, 4.69) is 10.0 Å². The Hall–Kier alpha value is -3.23. The second-order valence-electron chi connectivity index (χ2n) is 6.14. The predicted molar refractivity (Wildman–Crippen MR) is 116 cm³/mol. The van der Waals surface area contributed by atoms with Crippen molar-refractivity contribution in [2.45, 2.75) is 4.90 Å². The van der Waals surface area contributed by atoms with Gasteiger partial charge in [0.05, 0.1) is 24.9 Å². The highest BCUT2D eigenvalue weighted by Crippen LogP contribution is 2.30. The highest BCUT2D eigenvalue weighted by atomic mass is 35.5. The lowest BCUT2D eigenvalue weighted by Crippen LogP contribution is -2.16. The number of hydrogen-bond acceptors (Lipinski definition) is 5. The normalized spacial score (nSPS) is 10.9. The summed E-state index contributed by atoms with van der Waals surface area (Å²) in [5.41, 5.74) is 0.898. The van der Waals surface area contributed by atoms with Crippen LogP contribution in [0.4, 0.5) is 11.4 Å². The molecule has 9 heteroatoms. The number of nitrogens with one attached hydrogen (secondary N) is 2. The third kappa shape index (κ3) is 4.84. The van der Waals surface area contributed by atoms with Crippen molar-refractivity contribution in [3.05, 3.63) is 77.3 Å². The van der Waals surface area contributed by atoms with Crippen LogP contribution in [-0.2, 0) is 10.0 Å². The molecule has 7 nitrogen and oxygen atoms in total.